The molecule has 0 aliphatic heterocycles. The molecule has 0 aliphatic carbocycles. The highest BCUT2D eigenvalue weighted by atomic mass is 19.4. The van der Waals surface area contributed by atoms with Crippen molar-refractivity contribution in [1.29, 1.82) is 0 Å². The normalized spacial score (nSPS) is 16.4. The summed E-state index contributed by atoms with van der Waals surface area (Å²) in [7, 11) is 0. The molecule has 0 bridgehead atoms. The molecule has 2 N–H and O–H groups in total. The first-order chi connectivity index (χ1) is 5.60. The van der Waals surface area contributed by atoms with Crippen molar-refractivity contribution < 1.29 is 36.6 Å². The summed E-state index contributed by atoms with van der Waals surface area (Å²) in [4.78, 5) is 0. The molecule has 0 aromatic heterocycles. The van der Waals surface area contributed by atoms with Gasteiger partial charge in [-0.1, -0.05) is 0 Å². The van der Waals surface area contributed by atoms with Crippen molar-refractivity contribution in [2.24, 2.45) is 5.92 Å². The Kier molecular flexibility index (Phi) is 3.56. The number of hydrogen-bond acceptors (Lipinski definition) is 2. The van der Waals surface area contributed by atoms with Crippen LogP contribution in [-0.4, -0.2) is 35.3 Å². The monoisotopic (exact) mass is 212 g/mol. The summed E-state index contributed by atoms with van der Waals surface area (Å²) >= 11 is 0. The van der Waals surface area contributed by atoms with E-state index in [4.69, 9.17) is 10.2 Å². The van der Waals surface area contributed by atoms with Crippen LogP contribution in [0.2, 0.25) is 0 Å². The van der Waals surface area contributed by atoms with Crippen LogP contribution in [0.5, 0.6) is 0 Å². The van der Waals surface area contributed by atoms with E-state index in [1.54, 1.807) is 0 Å². The zero-order chi connectivity index (χ0) is 10.9. The third-order valence-corrected chi connectivity index (χ3v) is 1.28. The minimum absolute atomic E-state index is 1.59. The van der Waals surface area contributed by atoms with Gasteiger partial charge in [-0.25, -0.2) is 0 Å². The molecule has 0 amide bonds. The lowest BCUT2D eigenvalue weighted by molar-refractivity contribution is -0.308. The summed E-state index contributed by atoms with van der Waals surface area (Å²) in [6, 6.07) is 0. The van der Waals surface area contributed by atoms with Crippen LogP contribution in [0.3, 0.4) is 0 Å². The maximum atomic E-state index is 11.7. The summed E-state index contributed by atoms with van der Waals surface area (Å²) < 4.78 is 70.0. The molecule has 0 aliphatic rings. The molecule has 1 unspecified atom stereocenters. The van der Waals surface area contributed by atoms with E-state index < -0.39 is 31.0 Å². The molecule has 0 saturated carbocycles. The predicted molar refractivity (Wildman–Crippen MR) is 28.7 cm³/mol. The Morgan fingerprint density at radius 1 is 0.923 bits per heavy atom. The van der Waals surface area contributed by atoms with Gasteiger partial charge in [0, 0.05) is 0 Å². The first kappa shape index (κ1) is 12.5. The Balaban J connectivity index is 4.78. The lowest BCUT2D eigenvalue weighted by Crippen LogP contribution is -2.46. The van der Waals surface area contributed by atoms with Gasteiger partial charge in [0.15, 0.2) is 5.92 Å². The van der Waals surface area contributed by atoms with Gasteiger partial charge in [-0.15, -0.1) is 0 Å². The minimum Gasteiger partial charge on any atom is -0.394 e. The molecule has 0 radical (unpaired) electrons. The second kappa shape index (κ2) is 3.70. The lowest BCUT2D eigenvalue weighted by atomic mass is 10.0. The Bertz CT molecular complexity index is 147. The van der Waals surface area contributed by atoms with Crippen molar-refractivity contribution in [2.45, 2.75) is 18.5 Å². The first-order valence-electron chi connectivity index (χ1n) is 3.03. The summed E-state index contributed by atoms with van der Waals surface area (Å²) in [5.41, 5.74) is 0. The van der Waals surface area contributed by atoms with Crippen molar-refractivity contribution in [3.05, 3.63) is 0 Å². The van der Waals surface area contributed by atoms with Crippen molar-refractivity contribution >= 4 is 0 Å². The third kappa shape index (κ3) is 3.39. The van der Waals surface area contributed by atoms with Gasteiger partial charge in [0.25, 0.3) is 0 Å². The fraction of sp³-hybridized carbons (Fsp3) is 1.00. The molecule has 13 heavy (non-hydrogen) atoms. The molecule has 2 nitrogen and oxygen atoms in total. The van der Waals surface area contributed by atoms with E-state index in [2.05, 4.69) is 0 Å². The van der Waals surface area contributed by atoms with Crippen LogP contribution in [0.1, 0.15) is 0 Å². The van der Waals surface area contributed by atoms with Crippen LogP contribution >= 0.6 is 0 Å². The smallest absolute Gasteiger partial charge is 0.394 e. The predicted octanol–water partition coefficient (Wildman–Crippen LogP) is 1.08. The van der Waals surface area contributed by atoms with E-state index in [-0.39, 0.29) is 0 Å². The molecule has 0 heterocycles. The highest BCUT2D eigenvalue weighted by Gasteiger charge is 2.59. The second-order valence-corrected chi connectivity index (χ2v) is 2.31. The zero-order valence-corrected chi connectivity index (χ0v) is 6.02. The highest BCUT2D eigenvalue weighted by Crippen LogP contribution is 2.41. The Morgan fingerprint density at radius 3 is 1.31 bits per heavy atom. The van der Waals surface area contributed by atoms with Gasteiger partial charge in [0.05, 0.1) is 12.7 Å². The molecule has 0 aromatic rings. The molecule has 0 fully saturated rings. The van der Waals surface area contributed by atoms with Gasteiger partial charge >= 0.3 is 12.4 Å². The van der Waals surface area contributed by atoms with E-state index in [9.17, 15) is 26.3 Å². The van der Waals surface area contributed by atoms with Gasteiger partial charge in [-0.2, -0.15) is 26.3 Å². The number of hydrogen-bond donors (Lipinski definition) is 2. The average molecular weight is 212 g/mol. The number of halogens is 6. The molecule has 0 aromatic carbocycles. The SMILES string of the molecule is OCC(O)C(C(F)(F)F)C(F)(F)F. The van der Waals surface area contributed by atoms with Gasteiger partial charge in [-0.3, -0.25) is 0 Å². The summed E-state index contributed by atoms with van der Waals surface area (Å²) in [5.74, 6) is -3.90. The highest BCUT2D eigenvalue weighted by molar-refractivity contribution is 4.81. The largest absolute Gasteiger partial charge is 0.403 e. The average Bonchev–Trinajstić information content (AvgIpc) is 1.80. The Labute approximate surface area is 68.8 Å². The number of alkyl halides is 6. The van der Waals surface area contributed by atoms with Gasteiger partial charge in [0.1, 0.15) is 0 Å². The van der Waals surface area contributed by atoms with E-state index in [1.165, 1.54) is 0 Å². The molecule has 8 heteroatoms. The van der Waals surface area contributed by atoms with E-state index >= 15 is 0 Å². The van der Waals surface area contributed by atoms with E-state index in [0.717, 1.165) is 0 Å². The minimum atomic E-state index is -5.61. The van der Waals surface area contributed by atoms with Gasteiger partial charge < -0.3 is 10.2 Å². The molecule has 80 valence electrons. The molecule has 1 atom stereocenters. The lowest BCUT2D eigenvalue weighted by Gasteiger charge is -2.25. The van der Waals surface area contributed by atoms with Crippen LogP contribution in [-0.2, 0) is 0 Å². The molecular formula is C5H6F6O2. The quantitative estimate of drug-likeness (QED) is 0.672. The molecule has 0 rings (SSSR count). The molecule has 0 spiro atoms. The Morgan fingerprint density at radius 2 is 1.23 bits per heavy atom. The van der Waals surface area contributed by atoms with E-state index in [1.807, 2.05) is 0 Å². The van der Waals surface area contributed by atoms with Crippen LogP contribution in [0.4, 0.5) is 26.3 Å². The third-order valence-electron chi connectivity index (χ3n) is 1.28. The topological polar surface area (TPSA) is 40.5 Å². The van der Waals surface area contributed by atoms with Crippen LogP contribution in [0.25, 0.3) is 0 Å². The number of rotatable bonds is 2. The van der Waals surface area contributed by atoms with Crippen molar-refractivity contribution in [3.63, 3.8) is 0 Å². The summed E-state index contributed by atoms with van der Waals surface area (Å²) in [6.07, 6.45) is -14.1. The van der Waals surface area contributed by atoms with Crippen LogP contribution in [0, 0.1) is 5.92 Å². The summed E-state index contributed by atoms with van der Waals surface area (Å²) in [6.45, 7) is -1.59. The fourth-order valence-electron chi connectivity index (χ4n) is 0.727. The standard InChI is InChI=1S/C5H6F6O2/c6-4(7,8)3(2(13)1-12)5(9,10)11/h2-3,12-13H,1H2. The van der Waals surface area contributed by atoms with Crippen LogP contribution < -0.4 is 0 Å². The fourth-order valence-corrected chi connectivity index (χ4v) is 0.727. The number of aliphatic hydroxyl groups excluding tert-OH is 2. The van der Waals surface area contributed by atoms with Crippen molar-refractivity contribution in [3.8, 4) is 0 Å². The van der Waals surface area contributed by atoms with Crippen molar-refractivity contribution in [2.75, 3.05) is 6.61 Å². The van der Waals surface area contributed by atoms with Crippen LogP contribution in [0.15, 0.2) is 0 Å². The van der Waals surface area contributed by atoms with Gasteiger partial charge in [0.2, 0.25) is 0 Å². The number of aliphatic hydroxyl groups is 2. The van der Waals surface area contributed by atoms with Crippen molar-refractivity contribution in [1.82, 2.24) is 0 Å². The molecular weight excluding hydrogens is 206 g/mol. The molecule has 0 saturated heterocycles. The summed E-state index contributed by atoms with van der Waals surface area (Å²) in [5, 5.41) is 16.3. The first-order valence-corrected chi connectivity index (χ1v) is 3.03. The second-order valence-electron chi connectivity index (χ2n) is 2.31. The Hall–Kier alpha value is -0.500. The van der Waals surface area contributed by atoms with Gasteiger partial charge in [-0.05, 0) is 0 Å². The maximum absolute atomic E-state index is 11.7. The van der Waals surface area contributed by atoms with E-state index in [0.29, 0.717) is 0 Å². The zero-order valence-electron chi connectivity index (χ0n) is 6.02. The maximum Gasteiger partial charge on any atom is 0.403 e.